The zero-order valence-electron chi connectivity index (χ0n) is 16.7. The number of likely N-dealkylation sites (tertiary alicyclic amines) is 1. The number of carbonyl (C=O) groups excluding carboxylic acids is 1. The van der Waals surface area contributed by atoms with E-state index in [0.29, 0.717) is 12.4 Å². The SMILES string of the molecule is O=C(/C=C/c1ccc(OC(F)F)cc1OC(F)F)N1CCC[C@H]1c1nc2ccccc2[nH]1. The lowest BCUT2D eigenvalue weighted by Gasteiger charge is -2.21. The summed E-state index contributed by atoms with van der Waals surface area (Å²) in [4.78, 5) is 22.3. The topological polar surface area (TPSA) is 67.5 Å². The van der Waals surface area contributed by atoms with Crippen molar-refractivity contribution in [3.05, 3.63) is 59.9 Å². The molecule has 3 aromatic rings. The van der Waals surface area contributed by atoms with Crippen LogP contribution in [0.25, 0.3) is 17.1 Å². The van der Waals surface area contributed by atoms with Gasteiger partial charge in [0.05, 0.1) is 17.1 Å². The molecule has 1 aliphatic heterocycles. The van der Waals surface area contributed by atoms with Gasteiger partial charge in [-0.3, -0.25) is 4.79 Å². The number of hydrogen-bond donors (Lipinski definition) is 1. The molecular weight excluding hydrogens is 430 g/mol. The number of nitrogens with one attached hydrogen (secondary N) is 1. The molecule has 1 N–H and O–H groups in total. The van der Waals surface area contributed by atoms with Crippen LogP contribution in [0.15, 0.2) is 48.5 Å². The Balaban J connectivity index is 1.54. The van der Waals surface area contributed by atoms with Gasteiger partial charge < -0.3 is 19.4 Å². The van der Waals surface area contributed by atoms with E-state index < -0.39 is 13.2 Å². The summed E-state index contributed by atoms with van der Waals surface area (Å²) in [6, 6.07) is 10.7. The minimum absolute atomic E-state index is 0.125. The highest BCUT2D eigenvalue weighted by Crippen LogP contribution is 2.32. The van der Waals surface area contributed by atoms with E-state index in [2.05, 4.69) is 19.4 Å². The Morgan fingerprint density at radius 1 is 1.12 bits per heavy atom. The molecule has 4 rings (SSSR count). The number of H-pyrrole nitrogens is 1. The standard InChI is InChI=1S/C22H19F4N3O3/c23-21(24)31-14-9-7-13(18(12-14)32-22(25)26)8-10-19(30)29-11-3-6-17(29)20-27-15-4-1-2-5-16(15)28-20/h1-2,4-5,7-10,12,17,21-22H,3,6,11H2,(H,27,28)/b10-8+/t17-/m0/s1. The molecule has 0 bridgehead atoms. The first-order valence-corrected chi connectivity index (χ1v) is 9.87. The number of rotatable bonds is 7. The predicted molar refractivity (Wildman–Crippen MR) is 109 cm³/mol. The van der Waals surface area contributed by atoms with Gasteiger partial charge in [0.2, 0.25) is 5.91 Å². The van der Waals surface area contributed by atoms with E-state index in [-0.39, 0.29) is 29.0 Å². The number of ether oxygens (including phenoxy) is 2. The number of aromatic amines is 1. The Kier molecular flexibility index (Phi) is 6.29. The van der Waals surface area contributed by atoms with Crippen molar-refractivity contribution in [1.29, 1.82) is 0 Å². The maximum Gasteiger partial charge on any atom is 0.387 e. The number of alkyl halides is 4. The number of carbonyl (C=O) groups is 1. The second kappa shape index (κ2) is 9.29. The Morgan fingerprint density at radius 2 is 1.91 bits per heavy atom. The van der Waals surface area contributed by atoms with Crippen molar-refractivity contribution in [3.8, 4) is 11.5 Å². The summed E-state index contributed by atoms with van der Waals surface area (Å²) in [5.74, 6) is -0.356. The van der Waals surface area contributed by atoms with Crippen LogP contribution >= 0.6 is 0 Å². The van der Waals surface area contributed by atoms with Gasteiger partial charge in [-0.1, -0.05) is 12.1 Å². The molecule has 6 nitrogen and oxygen atoms in total. The second-order valence-electron chi connectivity index (χ2n) is 7.12. The first-order chi connectivity index (χ1) is 15.4. The maximum atomic E-state index is 12.8. The molecule has 32 heavy (non-hydrogen) atoms. The molecule has 0 radical (unpaired) electrons. The third-order valence-electron chi connectivity index (χ3n) is 5.09. The fourth-order valence-corrected chi connectivity index (χ4v) is 3.73. The molecule has 1 saturated heterocycles. The monoisotopic (exact) mass is 449 g/mol. The molecule has 1 amide bonds. The van der Waals surface area contributed by atoms with Crippen molar-refractivity contribution in [2.45, 2.75) is 32.1 Å². The third kappa shape index (κ3) is 4.84. The van der Waals surface area contributed by atoms with E-state index in [9.17, 15) is 22.4 Å². The molecule has 0 aliphatic carbocycles. The van der Waals surface area contributed by atoms with Crippen LogP contribution in [0.3, 0.4) is 0 Å². The number of fused-ring (bicyclic) bond motifs is 1. The number of aromatic nitrogens is 2. The van der Waals surface area contributed by atoms with Gasteiger partial charge in [-0.2, -0.15) is 17.6 Å². The minimum Gasteiger partial charge on any atom is -0.435 e. The Bertz CT molecular complexity index is 1100. The van der Waals surface area contributed by atoms with Crippen LogP contribution in [0, 0.1) is 0 Å². The van der Waals surface area contributed by atoms with E-state index in [1.54, 1.807) is 4.90 Å². The molecule has 168 valence electrons. The summed E-state index contributed by atoms with van der Waals surface area (Å²) in [7, 11) is 0. The number of hydrogen-bond acceptors (Lipinski definition) is 4. The molecule has 1 aliphatic rings. The van der Waals surface area contributed by atoms with Crippen LogP contribution in [-0.4, -0.2) is 40.5 Å². The smallest absolute Gasteiger partial charge is 0.387 e. The number of para-hydroxylation sites is 2. The van der Waals surface area contributed by atoms with Crippen molar-refractivity contribution < 1.29 is 31.8 Å². The predicted octanol–water partition coefficient (Wildman–Crippen LogP) is 5.14. The number of halogens is 4. The first kappa shape index (κ1) is 21.7. The summed E-state index contributed by atoms with van der Waals surface area (Å²) in [5, 5.41) is 0. The number of amides is 1. The van der Waals surface area contributed by atoms with Crippen molar-refractivity contribution >= 4 is 23.0 Å². The highest BCUT2D eigenvalue weighted by molar-refractivity contribution is 5.92. The van der Waals surface area contributed by atoms with E-state index in [4.69, 9.17) is 0 Å². The molecule has 1 atom stereocenters. The normalized spacial score (nSPS) is 16.6. The van der Waals surface area contributed by atoms with Crippen LogP contribution in [0.4, 0.5) is 17.6 Å². The summed E-state index contributed by atoms with van der Waals surface area (Å²) in [5.41, 5.74) is 1.80. The van der Waals surface area contributed by atoms with Gasteiger partial charge in [0.15, 0.2) is 0 Å². The lowest BCUT2D eigenvalue weighted by molar-refractivity contribution is -0.127. The number of benzene rings is 2. The number of imidazole rings is 1. The lowest BCUT2D eigenvalue weighted by atomic mass is 10.1. The Labute approximate surface area is 180 Å². The average molecular weight is 449 g/mol. The van der Waals surface area contributed by atoms with E-state index in [1.165, 1.54) is 24.3 Å². The molecule has 0 unspecified atom stereocenters. The summed E-state index contributed by atoms with van der Waals surface area (Å²) in [6.07, 6.45) is 4.07. The summed E-state index contributed by atoms with van der Waals surface area (Å²) < 4.78 is 58.9. The number of nitrogens with zero attached hydrogens (tertiary/aromatic N) is 2. The molecule has 0 spiro atoms. The molecular formula is C22H19F4N3O3. The maximum absolute atomic E-state index is 12.8. The van der Waals surface area contributed by atoms with Crippen molar-refractivity contribution in [2.75, 3.05) is 6.54 Å². The average Bonchev–Trinajstić information content (AvgIpc) is 3.39. The molecule has 10 heteroatoms. The molecule has 0 saturated carbocycles. The molecule has 2 heterocycles. The summed E-state index contributed by atoms with van der Waals surface area (Å²) >= 11 is 0. The highest BCUT2D eigenvalue weighted by Gasteiger charge is 2.31. The first-order valence-electron chi connectivity index (χ1n) is 9.87. The van der Waals surface area contributed by atoms with Crippen molar-refractivity contribution in [3.63, 3.8) is 0 Å². The fourth-order valence-electron chi connectivity index (χ4n) is 3.73. The quantitative estimate of drug-likeness (QED) is 0.401. The van der Waals surface area contributed by atoms with E-state index in [1.807, 2.05) is 24.3 Å². The fraction of sp³-hybridized carbons (Fsp3) is 0.273. The van der Waals surface area contributed by atoms with Crippen LogP contribution in [0.2, 0.25) is 0 Å². The Hall–Kier alpha value is -3.56. The van der Waals surface area contributed by atoms with E-state index in [0.717, 1.165) is 29.9 Å². The van der Waals surface area contributed by atoms with E-state index >= 15 is 0 Å². The van der Waals surface area contributed by atoms with Gasteiger partial charge >= 0.3 is 13.2 Å². The third-order valence-corrected chi connectivity index (χ3v) is 5.09. The van der Waals surface area contributed by atoms with Crippen LogP contribution in [0.5, 0.6) is 11.5 Å². The highest BCUT2D eigenvalue weighted by atomic mass is 19.3. The van der Waals surface area contributed by atoms with Gasteiger partial charge in [-0.05, 0) is 43.2 Å². The zero-order valence-corrected chi connectivity index (χ0v) is 16.7. The van der Waals surface area contributed by atoms with Gasteiger partial charge in [0, 0.05) is 24.3 Å². The molecule has 2 aromatic carbocycles. The van der Waals surface area contributed by atoms with Gasteiger partial charge in [0.25, 0.3) is 0 Å². The zero-order chi connectivity index (χ0) is 22.7. The summed E-state index contributed by atoms with van der Waals surface area (Å²) in [6.45, 7) is -5.76. The lowest BCUT2D eigenvalue weighted by Crippen LogP contribution is -2.29. The molecule has 1 fully saturated rings. The van der Waals surface area contributed by atoms with Gasteiger partial charge in [-0.25, -0.2) is 4.98 Å². The van der Waals surface area contributed by atoms with Crippen LogP contribution < -0.4 is 9.47 Å². The van der Waals surface area contributed by atoms with Crippen molar-refractivity contribution in [1.82, 2.24) is 14.9 Å². The molecule has 1 aromatic heterocycles. The van der Waals surface area contributed by atoms with Crippen molar-refractivity contribution in [2.24, 2.45) is 0 Å². The van der Waals surface area contributed by atoms with Crippen LogP contribution in [-0.2, 0) is 4.79 Å². The van der Waals surface area contributed by atoms with Gasteiger partial charge in [-0.15, -0.1) is 0 Å². The Morgan fingerprint density at radius 3 is 2.66 bits per heavy atom. The van der Waals surface area contributed by atoms with Crippen LogP contribution in [0.1, 0.15) is 30.3 Å². The largest absolute Gasteiger partial charge is 0.435 e. The van der Waals surface area contributed by atoms with Gasteiger partial charge in [0.1, 0.15) is 17.3 Å². The second-order valence-corrected chi connectivity index (χ2v) is 7.12. The minimum atomic E-state index is -3.17.